The molecule has 0 fully saturated rings. The largest absolute Gasteiger partial charge is 0.492 e. The fraction of sp³-hybridized carbons (Fsp3) is 0.0625. The van der Waals surface area contributed by atoms with Gasteiger partial charge in [-0.15, -0.1) is 5.10 Å². The highest BCUT2D eigenvalue weighted by atomic mass is 35.5. The van der Waals surface area contributed by atoms with E-state index < -0.39 is 11.7 Å². The molecule has 3 aromatic rings. The number of methoxy groups -OCH3 is 1. The van der Waals surface area contributed by atoms with Crippen molar-refractivity contribution in [3.05, 3.63) is 52.4 Å². The highest BCUT2D eigenvalue weighted by Gasteiger charge is 2.18. The van der Waals surface area contributed by atoms with Gasteiger partial charge in [0.2, 0.25) is 5.69 Å². The Morgan fingerprint density at radius 3 is 2.73 bits per heavy atom. The molecule has 0 radical (unpaired) electrons. The number of aromatic nitrogens is 5. The summed E-state index contributed by atoms with van der Waals surface area (Å²) in [7, 11) is 1.45. The molecule has 0 aliphatic heterocycles. The van der Waals surface area contributed by atoms with Crippen LogP contribution < -0.4 is 9.47 Å². The molecule has 2 heterocycles. The van der Waals surface area contributed by atoms with Crippen molar-refractivity contribution >= 4 is 17.6 Å². The number of carboxylic acids is 1. The van der Waals surface area contributed by atoms with Crippen molar-refractivity contribution in [1.29, 1.82) is 0 Å². The Morgan fingerprint density at radius 2 is 2.04 bits per heavy atom. The van der Waals surface area contributed by atoms with Crippen LogP contribution in [-0.4, -0.2) is 43.6 Å². The van der Waals surface area contributed by atoms with E-state index in [1.165, 1.54) is 13.3 Å². The van der Waals surface area contributed by atoms with E-state index in [0.717, 1.165) is 5.56 Å². The number of carboxylic acid groups (broad SMARTS) is 1. The fourth-order valence-electron chi connectivity index (χ4n) is 1.83. The lowest BCUT2D eigenvalue weighted by atomic mass is 10.2. The van der Waals surface area contributed by atoms with Crippen LogP contribution in [0.2, 0.25) is 5.02 Å². The number of benzene rings is 1. The Morgan fingerprint density at radius 1 is 1.27 bits per heavy atom. The van der Waals surface area contributed by atoms with Crippen molar-refractivity contribution < 1.29 is 19.4 Å². The molecule has 0 saturated heterocycles. The van der Waals surface area contributed by atoms with Gasteiger partial charge in [-0.25, -0.2) is 9.89 Å². The van der Waals surface area contributed by atoms with Crippen LogP contribution in [0.3, 0.4) is 0 Å². The van der Waals surface area contributed by atoms with Crippen molar-refractivity contribution in [3.63, 3.8) is 0 Å². The minimum Gasteiger partial charge on any atom is -0.492 e. The third-order valence-electron chi connectivity index (χ3n) is 3.04. The maximum absolute atomic E-state index is 11.0. The second-order valence-corrected chi connectivity index (χ2v) is 5.16. The number of carbonyl (C=O) groups is 1. The second-order valence-electron chi connectivity index (χ2n) is 4.72. The molecule has 10 heteroatoms. The van der Waals surface area contributed by atoms with E-state index in [4.69, 9.17) is 26.2 Å². The molecule has 0 unspecified atom stereocenters. The smallest absolute Gasteiger partial charge is 0.362 e. The summed E-state index contributed by atoms with van der Waals surface area (Å²) in [6.07, 6.45) is 1.36. The molecule has 9 nitrogen and oxygen atoms in total. The number of rotatable bonds is 4. The fourth-order valence-corrected chi connectivity index (χ4v) is 1.95. The van der Waals surface area contributed by atoms with E-state index in [9.17, 15) is 4.79 Å². The average Bonchev–Trinajstić information content (AvgIpc) is 3.10. The van der Waals surface area contributed by atoms with Gasteiger partial charge >= 0.3 is 12.0 Å². The zero-order chi connectivity index (χ0) is 18.5. The van der Waals surface area contributed by atoms with Gasteiger partial charge in [-0.1, -0.05) is 22.7 Å². The topological polar surface area (TPSA) is 123 Å². The number of hydrogen-bond donors (Lipinski definition) is 2. The van der Waals surface area contributed by atoms with Crippen molar-refractivity contribution in [3.8, 4) is 29.5 Å². The number of halogens is 1. The molecule has 0 aliphatic rings. The Labute approximate surface area is 152 Å². The molecule has 0 bridgehead atoms. The minimum atomic E-state index is -1.30. The summed E-state index contributed by atoms with van der Waals surface area (Å²) in [5.41, 5.74) is 0.596. The summed E-state index contributed by atoms with van der Waals surface area (Å²) in [5.74, 6) is 4.61. The maximum atomic E-state index is 11.0. The van der Waals surface area contributed by atoms with Crippen LogP contribution in [0.15, 0.2) is 30.5 Å². The third-order valence-corrected chi connectivity index (χ3v) is 3.29. The Bertz CT molecular complexity index is 1010. The summed E-state index contributed by atoms with van der Waals surface area (Å²) in [6.45, 7) is 0. The Kier molecular flexibility index (Phi) is 4.96. The molecule has 0 atom stereocenters. The van der Waals surface area contributed by atoms with Crippen LogP contribution in [0.4, 0.5) is 0 Å². The molecule has 0 saturated carbocycles. The first-order valence-electron chi connectivity index (χ1n) is 7.07. The number of aromatic carboxylic acids is 1. The van der Waals surface area contributed by atoms with E-state index in [-0.39, 0.29) is 17.6 Å². The summed E-state index contributed by atoms with van der Waals surface area (Å²) < 4.78 is 10.5. The zero-order valence-corrected chi connectivity index (χ0v) is 14.0. The summed E-state index contributed by atoms with van der Waals surface area (Å²) in [4.78, 5) is 19.1. The predicted molar refractivity (Wildman–Crippen MR) is 89.4 cm³/mol. The summed E-state index contributed by atoms with van der Waals surface area (Å²) >= 11 is 5.84. The Hall–Kier alpha value is -3.64. The van der Waals surface area contributed by atoms with Gasteiger partial charge < -0.3 is 14.6 Å². The number of nitrogens with zero attached hydrogens (tertiary/aromatic N) is 4. The first kappa shape index (κ1) is 17.2. The van der Waals surface area contributed by atoms with E-state index in [2.05, 4.69) is 37.2 Å². The Balaban J connectivity index is 1.91. The van der Waals surface area contributed by atoms with Crippen molar-refractivity contribution in [1.82, 2.24) is 25.4 Å². The molecule has 1 aromatic carbocycles. The molecule has 2 aromatic heterocycles. The number of nitrogens with one attached hydrogen (secondary N) is 1. The highest BCUT2D eigenvalue weighted by Crippen LogP contribution is 2.21. The molecule has 0 spiro atoms. The van der Waals surface area contributed by atoms with Gasteiger partial charge in [0.05, 0.1) is 13.3 Å². The van der Waals surface area contributed by atoms with Crippen molar-refractivity contribution in [2.45, 2.75) is 0 Å². The average molecular weight is 372 g/mol. The SMILES string of the molecule is COc1cnc(Oc2[nH]nnc2C(=O)O)nc1C#Cc1ccc(Cl)cc1. The number of H-pyrrole nitrogens is 1. The van der Waals surface area contributed by atoms with Gasteiger partial charge in [-0.2, -0.15) is 9.97 Å². The molecule has 0 amide bonds. The second kappa shape index (κ2) is 7.50. The first-order chi connectivity index (χ1) is 12.6. The molecular formula is C16H10ClN5O4. The van der Waals surface area contributed by atoms with Gasteiger partial charge in [0, 0.05) is 10.6 Å². The van der Waals surface area contributed by atoms with Crippen LogP contribution in [-0.2, 0) is 0 Å². The van der Waals surface area contributed by atoms with E-state index in [0.29, 0.717) is 10.8 Å². The van der Waals surface area contributed by atoms with E-state index in [1.54, 1.807) is 24.3 Å². The number of ether oxygens (including phenoxy) is 2. The van der Waals surface area contributed by atoms with E-state index >= 15 is 0 Å². The predicted octanol–water partition coefficient (Wildman–Crippen LogP) is 2.15. The van der Waals surface area contributed by atoms with Gasteiger partial charge in [0.15, 0.2) is 11.4 Å². The minimum absolute atomic E-state index is 0.139. The maximum Gasteiger partial charge on any atom is 0.362 e. The molecular weight excluding hydrogens is 362 g/mol. The first-order valence-corrected chi connectivity index (χ1v) is 7.45. The molecule has 0 aliphatic carbocycles. The normalized spacial score (nSPS) is 9.92. The number of hydrogen-bond acceptors (Lipinski definition) is 7. The van der Waals surface area contributed by atoms with Crippen LogP contribution >= 0.6 is 11.6 Å². The molecule has 2 N–H and O–H groups in total. The van der Waals surface area contributed by atoms with Crippen LogP contribution in [0.5, 0.6) is 17.6 Å². The number of aromatic amines is 1. The van der Waals surface area contributed by atoms with Gasteiger partial charge in [-0.3, -0.25) is 0 Å². The molecule has 130 valence electrons. The lowest BCUT2D eigenvalue weighted by Crippen LogP contribution is -2.02. The van der Waals surface area contributed by atoms with Gasteiger partial charge in [-0.05, 0) is 30.2 Å². The molecule has 26 heavy (non-hydrogen) atoms. The lowest BCUT2D eigenvalue weighted by Gasteiger charge is -2.05. The standard InChI is InChI=1S/C16H10ClN5O4/c1-25-12-8-18-16(26-14-13(15(23)24)20-22-21-14)19-11(12)7-4-9-2-5-10(17)6-3-9/h2-3,5-6,8H,1H3,(H,23,24)(H,20,21,22). The van der Waals surface area contributed by atoms with Gasteiger partial charge in [0.1, 0.15) is 0 Å². The van der Waals surface area contributed by atoms with Gasteiger partial charge in [0.25, 0.3) is 5.88 Å². The van der Waals surface area contributed by atoms with Crippen LogP contribution in [0.1, 0.15) is 21.7 Å². The monoisotopic (exact) mass is 371 g/mol. The van der Waals surface area contributed by atoms with Crippen molar-refractivity contribution in [2.24, 2.45) is 0 Å². The summed E-state index contributed by atoms with van der Waals surface area (Å²) in [5, 5.41) is 18.7. The third kappa shape index (κ3) is 3.88. The van der Waals surface area contributed by atoms with E-state index in [1.807, 2.05) is 0 Å². The van der Waals surface area contributed by atoms with Crippen LogP contribution in [0.25, 0.3) is 0 Å². The quantitative estimate of drug-likeness (QED) is 0.668. The highest BCUT2D eigenvalue weighted by molar-refractivity contribution is 6.30. The molecule has 3 rings (SSSR count). The zero-order valence-electron chi connectivity index (χ0n) is 13.2. The van der Waals surface area contributed by atoms with Crippen molar-refractivity contribution in [2.75, 3.05) is 7.11 Å². The summed E-state index contributed by atoms with van der Waals surface area (Å²) in [6, 6.07) is 6.82. The lowest BCUT2D eigenvalue weighted by molar-refractivity contribution is 0.0687. The van der Waals surface area contributed by atoms with Crippen LogP contribution in [0, 0.1) is 11.8 Å².